The largest absolute Gasteiger partial charge is 0.346 e. The molecule has 4 fully saturated rings. The van der Waals surface area contributed by atoms with Gasteiger partial charge in [-0.15, -0.1) is 0 Å². The van der Waals surface area contributed by atoms with Crippen LogP contribution in [0.2, 0.25) is 0 Å². The van der Waals surface area contributed by atoms with Crippen molar-refractivity contribution in [3.63, 3.8) is 0 Å². The van der Waals surface area contributed by atoms with Crippen LogP contribution < -0.4 is 10.6 Å². The second-order valence-electron chi connectivity index (χ2n) is 9.46. The Kier molecular flexibility index (Phi) is 4.38. The molecule has 1 heterocycles. The van der Waals surface area contributed by atoms with Gasteiger partial charge in [0.15, 0.2) is 0 Å². The normalized spacial score (nSPS) is 31.4. The first-order chi connectivity index (χ1) is 14.3. The zero-order valence-electron chi connectivity index (χ0n) is 17.0. The number of nitrogens with one attached hydrogen (secondary N) is 2. The fourth-order valence-electron chi connectivity index (χ4n) is 6.35. The molecule has 2 N–H and O–H groups in total. The van der Waals surface area contributed by atoms with Gasteiger partial charge in [-0.05, 0) is 81.5 Å². The van der Waals surface area contributed by atoms with E-state index in [0.29, 0.717) is 23.8 Å². The van der Waals surface area contributed by atoms with Gasteiger partial charge in [0.05, 0.1) is 0 Å². The van der Waals surface area contributed by atoms with Gasteiger partial charge in [-0.3, -0.25) is 9.59 Å². The number of carbonyl (C=O) groups is 2. The summed E-state index contributed by atoms with van der Waals surface area (Å²) in [6.07, 6.45) is 7.06. The van der Waals surface area contributed by atoms with Crippen molar-refractivity contribution in [1.82, 2.24) is 20.6 Å². The first-order valence-corrected chi connectivity index (χ1v) is 10.5. The monoisotopic (exact) mass is 408 g/mol. The van der Waals surface area contributed by atoms with Crippen molar-refractivity contribution < 1.29 is 14.0 Å². The average molecular weight is 408 g/mol. The second-order valence-corrected chi connectivity index (χ2v) is 9.46. The summed E-state index contributed by atoms with van der Waals surface area (Å²) in [4.78, 5) is 34.2. The van der Waals surface area contributed by atoms with E-state index in [0.717, 1.165) is 37.8 Å². The molecule has 156 valence electrons. The van der Waals surface area contributed by atoms with Crippen molar-refractivity contribution in [3.8, 4) is 0 Å². The molecular formula is C23H25FN4O2. The van der Waals surface area contributed by atoms with E-state index in [-0.39, 0.29) is 28.7 Å². The van der Waals surface area contributed by atoms with Gasteiger partial charge >= 0.3 is 0 Å². The van der Waals surface area contributed by atoms with E-state index < -0.39 is 5.82 Å². The van der Waals surface area contributed by atoms with Crippen LogP contribution in [0.25, 0.3) is 0 Å². The highest BCUT2D eigenvalue weighted by atomic mass is 19.1. The minimum absolute atomic E-state index is 0.184. The number of halogens is 1. The van der Waals surface area contributed by atoms with Crippen molar-refractivity contribution in [3.05, 3.63) is 59.4 Å². The third-order valence-corrected chi connectivity index (χ3v) is 6.90. The molecular weight excluding hydrogens is 383 g/mol. The number of benzene rings is 1. The van der Waals surface area contributed by atoms with Crippen molar-refractivity contribution in [1.29, 1.82) is 0 Å². The van der Waals surface area contributed by atoms with Gasteiger partial charge in [-0.25, -0.2) is 14.4 Å². The van der Waals surface area contributed by atoms with Gasteiger partial charge in [0.25, 0.3) is 11.8 Å². The zero-order valence-corrected chi connectivity index (χ0v) is 17.0. The molecule has 4 bridgehead atoms. The van der Waals surface area contributed by atoms with Crippen molar-refractivity contribution in [2.75, 3.05) is 0 Å². The van der Waals surface area contributed by atoms with Gasteiger partial charge in [-0.2, -0.15) is 0 Å². The molecule has 2 atom stereocenters. The lowest BCUT2D eigenvalue weighted by molar-refractivity contribution is -0.0449. The zero-order chi connectivity index (χ0) is 20.9. The van der Waals surface area contributed by atoms with Gasteiger partial charge in [0.2, 0.25) is 5.82 Å². The van der Waals surface area contributed by atoms with Gasteiger partial charge < -0.3 is 10.6 Å². The maximum atomic E-state index is 13.6. The summed E-state index contributed by atoms with van der Waals surface area (Å²) in [5.74, 6) is 0.168. The predicted octanol–water partition coefficient (Wildman–Crippen LogP) is 3.18. The van der Waals surface area contributed by atoms with E-state index >= 15 is 0 Å². The van der Waals surface area contributed by atoms with Crippen LogP contribution in [-0.2, 0) is 0 Å². The number of rotatable bonds is 4. The summed E-state index contributed by atoms with van der Waals surface area (Å²) in [7, 11) is 0. The summed E-state index contributed by atoms with van der Waals surface area (Å²) < 4.78 is 13.6. The lowest BCUT2D eigenvalue weighted by Crippen LogP contribution is -2.70. The van der Waals surface area contributed by atoms with Crippen LogP contribution in [0.5, 0.6) is 0 Å². The van der Waals surface area contributed by atoms with Crippen molar-refractivity contribution >= 4 is 11.8 Å². The molecule has 2 aromatic rings. The molecule has 7 heteroatoms. The molecule has 6 nitrogen and oxygen atoms in total. The van der Waals surface area contributed by atoms with Crippen LogP contribution in [0.15, 0.2) is 36.5 Å². The van der Waals surface area contributed by atoms with E-state index in [2.05, 4.69) is 20.6 Å². The number of aryl methyl sites for hydroxylation is 1. The maximum absolute atomic E-state index is 13.6. The Balaban J connectivity index is 1.38. The number of hydrogen-bond acceptors (Lipinski definition) is 4. The predicted molar refractivity (Wildman–Crippen MR) is 108 cm³/mol. The minimum Gasteiger partial charge on any atom is -0.346 e. The Bertz CT molecular complexity index is 932. The molecule has 0 spiro atoms. The molecule has 2 amide bonds. The fourth-order valence-corrected chi connectivity index (χ4v) is 6.35. The smallest absolute Gasteiger partial charge is 0.289 e. The highest BCUT2D eigenvalue weighted by molar-refractivity contribution is 5.95. The highest BCUT2D eigenvalue weighted by Crippen LogP contribution is 2.57. The molecule has 4 aliphatic rings. The van der Waals surface area contributed by atoms with Gasteiger partial charge in [0, 0.05) is 28.5 Å². The Hall–Kier alpha value is -2.83. The molecule has 1 aromatic heterocycles. The van der Waals surface area contributed by atoms with Crippen LogP contribution in [0.1, 0.15) is 65.2 Å². The summed E-state index contributed by atoms with van der Waals surface area (Å²) >= 11 is 0. The SMILES string of the molecule is Cc1ccnc(C(=O)NC23CC4CC(CC(NC(=O)c5cccc(F)c5)(C4)C2)C3)n1. The van der Waals surface area contributed by atoms with E-state index in [9.17, 15) is 14.0 Å². The van der Waals surface area contributed by atoms with Crippen LogP contribution in [0.3, 0.4) is 0 Å². The summed E-state index contributed by atoms with van der Waals surface area (Å²) in [6, 6.07) is 7.54. The van der Waals surface area contributed by atoms with Crippen LogP contribution in [0.4, 0.5) is 4.39 Å². The third-order valence-electron chi connectivity index (χ3n) is 6.90. The fraction of sp³-hybridized carbons (Fsp3) is 0.478. The Morgan fingerprint density at radius 3 is 2.33 bits per heavy atom. The quantitative estimate of drug-likeness (QED) is 0.814. The molecule has 6 rings (SSSR count). The summed E-state index contributed by atoms with van der Waals surface area (Å²) in [6.45, 7) is 1.83. The molecule has 30 heavy (non-hydrogen) atoms. The van der Waals surface area contributed by atoms with E-state index in [1.54, 1.807) is 24.4 Å². The topological polar surface area (TPSA) is 84.0 Å². The first-order valence-electron chi connectivity index (χ1n) is 10.5. The Labute approximate surface area is 174 Å². The Morgan fingerprint density at radius 2 is 1.70 bits per heavy atom. The molecule has 1 aromatic carbocycles. The van der Waals surface area contributed by atoms with Gasteiger partial charge in [0.1, 0.15) is 5.82 Å². The van der Waals surface area contributed by atoms with Gasteiger partial charge in [-0.1, -0.05) is 6.07 Å². The highest BCUT2D eigenvalue weighted by Gasteiger charge is 2.58. The lowest BCUT2D eigenvalue weighted by atomic mass is 9.49. The number of amides is 2. The van der Waals surface area contributed by atoms with Crippen LogP contribution in [0, 0.1) is 24.6 Å². The number of aromatic nitrogens is 2. The Morgan fingerprint density at radius 1 is 1.03 bits per heavy atom. The molecule has 2 unspecified atom stereocenters. The number of hydrogen-bond donors (Lipinski definition) is 2. The van der Waals surface area contributed by atoms with Crippen LogP contribution in [-0.4, -0.2) is 32.9 Å². The maximum Gasteiger partial charge on any atom is 0.289 e. The van der Waals surface area contributed by atoms with E-state index in [1.165, 1.54) is 12.1 Å². The van der Waals surface area contributed by atoms with E-state index in [1.807, 2.05) is 6.92 Å². The molecule has 0 saturated heterocycles. The average Bonchev–Trinajstić information content (AvgIpc) is 2.66. The summed E-state index contributed by atoms with van der Waals surface area (Å²) in [5, 5.41) is 6.47. The first kappa shape index (κ1) is 19.2. The molecule has 4 saturated carbocycles. The summed E-state index contributed by atoms with van der Waals surface area (Å²) in [5.41, 5.74) is 0.356. The minimum atomic E-state index is -0.421. The number of nitrogens with zero attached hydrogens (tertiary/aromatic N) is 2. The lowest BCUT2D eigenvalue weighted by Gasteiger charge is -2.62. The molecule has 0 radical (unpaired) electrons. The van der Waals surface area contributed by atoms with Crippen molar-refractivity contribution in [2.24, 2.45) is 11.8 Å². The standard InChI is InChI=1S/C23H25FN4O2/c1-14-5-6-25-19(26-14)21(30)28-23-11-15-7-16(12-23)10-22(9-15,13-23)27-20(29)17-3-2-4-18(24)8-17/h2-6,8,15-16H,7,9-13H2,1H3,(H,27,29)(H,28,30). The number of carbonyl (C=O) groups excluding carboxylic acids is 2. The van der Waals surface area contributed by atoms with E-state index in [4.69, 9.17) is 0 Å². The second kappa shape index (κ2) is 6.86. The molecule has 4 aliphatic carbocycles. The third kappa shape index (κ3) is 3.46. The van der Waals surface area contributed by atoms with Crippen LogP contribution >= 0.6 is 0 Å². The molecule has 0 aliphatic heterocycles. The van der Waals surface area contributed by atoms with Crippen molar-refractivity contribution in [2.45, 2.75) is 56.5 Å².